The Bertz CT molecular complexity index is 703. The molecule has 0 radical (unpaired) electrons. The quantitative estimate of drug-likeness (QED) is 0.854. The summed E-state index contributed by atoms with van der Waals surface area (Å²) in [6.45, 7) is 4.64. The molecule has 20 heavy (non-hydrogen) atoms. The lowest BCUT2D eigenvalue weighted by Gasteiger charge is -2.20. The fourth-order valence-corrected chi connectivity index (χ4v) is 2.70. The molecule has 0 aliphatic carbocycles. The molecule has 0 atom stereocenters. The molecule has 0 saturated carbocycles. The minimum Gasteiger partial charge on any atom is -0.495 e. The zero-order chi connectivity index (χ0) is 15.8. The lowest BCUT2D eigenvalue weighted by atomic mass is 10.3. The number of hydrogen-bond donors (Lipinski definition) is 2. The van der Waals surface area contributed by atoms with Gasteiger partial charge < -0.3 is 4.74 Å². The van der Waals surface area contributed by atoms with Crippen LogP contribution in [-0.2, 0) is 20.0 Å². The summed E-state index contributed by atoms with van der Waals surface area (Å²) in [4.78, 5) is -0.210. The van der Waals surface area contributed by atoms with E-state index in [0.717, 1.165) is 0 Å². The van der Waals surface area contributed by atoms with Crippen molar-refractivity contribution >= 4 is 25.7 Å². The van der Waals surface area contributed by atoms with Gasteiger partial charge in [-0.25, -0.2) is 22.0 Å². The van der Waals surface area contributed by atoms with Crippen LogP contribution in [0.1, 0.15) is 20.8 Å². The van der Waals surface area contributed by atoms with Crippen molar-refractivity contribution in [2.24, 2.45) is 5.14 Å². The monoisotopic (exact) mass is 322 g/mol. The van der Waals surface area contributed by atoms with E-state index in [9.17, 15) is 16.8 Å². The van der Waals surface area contributed by atoms with Gasteiger partial charge in [0.2, 0.25) is 20.0 Å². The third kappa shape index (κ3) is 3.62. The molecule has 1 aromatic rings. The van der Waals surface area contributed by atoms with Crippen molar-refractivity contribution in [3.63, 3.8) is 0 Å². The molecule has 9 heteroatoms. The molecule has 3 N–H and O–H groups in total. The van der Waals surface area contributed by atoms with E-state index in [1.54, 1.807) is 20.8 Å². The summed E-state index contributed by atoms with van der Waals surface area (Å²) < 4.78 is 53.0. The smallest absolute Gasteiger partial charge is 0.241 e. The summed E-state index contributed by atoms with van der Waals surface area (Å²) >= 11 is 0. The van der Waals surface area contributed by atoms with Crippen molar-refractivity contribution in [1.82, 2.24) is 0 Å². The minimum absolute atomic E-state index is 0.0263. The average molecular weight is 322 g/mol. The Kier molecular flexibility index (Phi) is 4.37. The van der Waals surface area contributed by atoms with Crippen LogP contribution in [-0.4, -0.2) is 28.7 Å². The maximum absolute atomic E-state index is 12.0. The van der Waals surface area contributed by atoms with Gasteiger partial charge in [0.15, 0.2) is 0 Å². The SMILES string of the molecule is COc1cc(NS(=O)(=O)C(C)(C)C)ccc1S(N)(=O)=O. The van der Waals surface area contributed by atoms with Gasteiger partial charge in [0, 0.05) is 6.07 Å². The molecule has 0 bridgehead atoms. The Hall–Kier alpha value is -1.32. The molecule has 0 fully saturated rings. The molecule has 0 aliphatic heterocycles. The maximum Gasteiger partial charge on any atom is 0.241 e. The zero-order valence-electron chi connectivity index (χ0n) is 11.7. The first kappa shape index (κ1) is 16.7. The van der Waals surface area contributed by atoms with Crippen LogP contribution in [0.15, 0.2) is 23.1 Å². The molecular formula is C11H18N2O5S2. The predicted molar refractivity (Wildman–Crippen MR) is 76.7 cm³/mol. The Morgan fingerprint density at radius 2 is 1.70 bits per heavy atom. The second-order valence-corrected chi connectivity index (χ2v) is 9.09. The first-order chi connectivity index (χ1) is 8.88. The van der Waals surface area contributed by atoms with Crippen molar-refractivity contribution in [2.45, 2.75) is 30.4 Å². The first-order valence-corrected chi connectivity index (χ1v) is 8.64. The number of methoxy groups -OCH3 is 1. The second kappa shape index (κ2) is 5.23. The molecule has 114 valence electrons. The molecular weight excluding hydrogens is 304 g/mol. The third-order valence-electron chi connectivity index (χ3n) is 2.53. The molecule has 0 saturated heterocycles. The number of ether oxygens (including phenoxy) is 1. The van der Waals surface area contributed by atoms with Crippen LogP contribution in [0, 0.1) is 0 Å². The molecule has 1 aromatic carbocycles. The number of nitrogens with one attached hydrogen (secondary N) is 1. The molecule has 0 amide bonds. The Labute approximate surface area is 119 Å². The van der Waals surface area contributed by atoms with Gasteiger partial charge in [0.1, 0.15) is 10.6 Å². The summed E-state index contributed by atoms with van der Waals surface area (Å²) in [5.41, 5.74) is 0.198. The van der Waals surface area contributed by atoms with Crippen LogP contribution in [0.4, 0.5) is 5.69 Å². The van der Waals surface area contributed by atoms with Gasteiger partial charge in [0.25, 0.3) is 0 Å². The van der Waals surface area contributed by atoms with Crippen molar-refractivity contribution in [3.05, 3.63) is 18.2 Å². The van der Waals surface area contributed by atoms with Crippen LogP contribution < -0.4 is 14.6 Å². The fourth-order valence-electron chi connectivity index (χ4n) is 1.27. The Morgan fingerprint density at radius 3 is 2.10 bits per heavy atom. The normalized spacial score (nSPS) is 13.1. The Balaban J connectivity index is 3.26. The molecule has 0 aliphatic rings. The number of rotatable bonds is 4. The van der Waals surface area contributed by atoms with E-state index >= 15 is 0 Å². The highest BCUT2D eigenvalue weighted by molar-refractivity contribution is 7.94. The second-order valence-electron chi connectivity index (χ2n) is 5.13. The highest BCUT2D eigenvalue weighted by Crippen LogP contribution is 2.28. The number of hydrogen-bond acceptors (Lipinski definition) is 5. The number of sulfonamides is 2. The fraction of sp³-hybridized carbons (Fsp3) is 0.455. The lowest BCUT2D eigenvalue weighted by Crippen LogP contribution is -2.33. The van der Waals surface area contributed by atoms with Crippen LogP contribution in [0.25, 0.3) is 0 Å². The van der Waals surface area contributed by atoms with Crippen molar-refractivity contribution in [3.8, 4) is 5.75 Å². The van der Waals surface area contributed by atoms with Gasteiger partial charge in [0.05, 0.1) is 17.5 Å². The van der Waals surface area contributed by atoms with Gasteiger partial charge >= 0.3 is 0 Å². The van der Waals surface area contributed by atoms with Crippen LogP contribution in [0.2, 0.25) is 0 Å². The standard InChI is InChI=1S/C11H18N2O5S2/c1-11(2,3)20(16,17)13-8-5-6-10(19(12,14)15)9(7-8)18-4/h5-7,13H,1-4H3,(H2,12,14,15). The van der Waals surface area contributed by atoms with E-state index in [4.69, 9.17) is 9.88 Å². The predicted octanol–water partition coefficient (Wildman–Crippen LogP) is 0.883. The third-order valence-corrected chi connectivity index (χ3v) is 5.60. The van der Waals surface area contributed by atoms with E-state index in [-0.39, 0.29) is 16.3 Å². The van der Waals surface area contributed by atoms with E-state index in [2.05, 4.69) is 4.72 Å². The Morgan fingerprint density at radius 1 is 1.15 bits per heavy atom. The summed E-state index contributed by atoms with van der Waals surface area (Å²) in [5, 5.41) is 5.03. The zero-order valence-corrected chi connectivity index (χ0v) is 13.3. The van der Waals surface area contributed by atoms with Gasteiger partial charge in [-0.05, 0) is 32.9 Å². The highest BCUT2D eigenvalue weighted by atomic mass is 32.2. The topological polar surface area (TPSA) is 116 Å². The highest BCUT2D eigenvalue weighted by Gasteiger charge is 2.29. The molecule has 0 spiro atoms. The summed E-state index contributed by atoms with van der Waals surface area (Å²) in [7, 11) is -6.28. The molecule has 0 unspecified atom stereocenters. The average Bonchev–Trinajstić information content (AvgIpc) is 2.25. The number of benzene rings is 1. The van der Waals surface area contributed by atoms with Gasteiger partial charge in [-0.2, -0.15) is 0 Å². The summed E-state index contributed by atoms with van der Waals surface area (Å²) in [5.74, 6) is -0.0263. The maximum atomic E-state index is 12.0. The summed E-state index contributed by atoms with van der Waals surface area (Å²) in [6.07, 6.45) is 0. The van der Waals surface area contributed by atoms with Gasteiger partial charge in [-0.15, -0.1) is 0 Å². The van der Waals surface area contributed by atoms with Crippen molar-refractivity contribution < 1.29 is 21.6 Å². The number of anilines is 1. The van der Waals surface area contributed by atoms with E-state index in [1.165, 1.54) is 25.3 Å². The van der Waals surface area contributed by atoms with Gasteiger partial charge in [-0.3, -0.25) is 4.72 Å². The van der Waals surface area contributed by atoms with Crippen LogP contribution >= 0.6 is 0 Å². The lowest BCUT2D eigenvalue weighted by molar-refractivity contribution is 0.403. The molecule has 1 rings (SSSR count). The molecule has 0 heterocycles. The van der Waals surface area contributed by atoms with E-state index in [0.29, 0.717) is 0 Å². The van der Waals surface area contributed by atoms with E-state index < -0.39 is 24.8 Å². The number of nitrogens with two attached hydrogens (primary N) is 1. The van der Waals surface area contributed by atoms with Crippen LogP contribution in [0.3, 0.4) is 0 Å². The largest absolute Gasteiger partial charge is 0.495 e. The van der Waals surface area contributed by atoms with Crippen molar-refractivity contribution in [2.75, 3.05) is 11.8 Å². The number of primary sulfonamides is 1. The van der Waals surface area contributed by atoms with E-state index in [1.807, 2.05) is 0 Å². The first-order valence-electron chi connectivity index (χ1n) is 5.62. The van der Waals surface area contributed by atoms with Crippen molar-refractivity contribution in [1.29, 1.82) is 0 Å². The molecule has 0 aromatic heterocycles. The van der Waals surface area contributed by atoms with Crippen LogP contribution in [0.5, 0.6) is 5.75 Å². The summed E-state index contributed by atoms with van der Waals surface area (Å²) in [6, 6.07) is 3.77. The minimum atomic E-state index is -3.94. The molecule has 7 nitrogen and oxygen atoms in total. The van der Waals surface area contributed by atoms with Gasteiger partial charge in [-0.1, -0.05) is 0 Å².